The average molecular weight is 290 g/mol. The first-order valence-corrected chi connectivity index (χ1v) is 6.84. The molecule has 0 heterocycles. The van der Waals surface area contributed by atoms with Gasteiger partial charge in [-0.15, -0.1) is 6.58 Å². The maximum atomic E-state index is 12.0. The van der Waals surface area contributed by atoms with Gasteiger partial charge in [0.1, 0.15) is 0 Å². The number of amides is 1. The summed E-state index contributed by atoms with van der Waals surface area (Å²) in [7, 11) is 0. The summed E-state index contributed by atoms with van der Waals surface area (Å²) in [6.07, 6.45) is 1.66. The number of hydrogen-bond donors (Lipinski definition) is 2. The highest BCUT2D eigenvalue weighted by molar-refractivity contribution is 5.93. The Balaban J connectivity index is 2.60. The number of anilines is 1. The zero-order valence-electron chi connectivity index (χ0n) is 12.6. The predicted molar refractivity (Wildman–Crippen MR) is 83.4 cm³/mol. The van der Waals surface area contributed by atoms with Gasteiger partial charge in [0.15, 0.2) is 0 Å². The van der Waals surface area contributed by atoms with E-state index in [0.29, 0.717) is 13.1 Å². The summed E-state index contributed by atoms with van der Waals surface area (Å²) in [4.78, 5) is 24.4. The topological polar surface area (TPSA) is 69.6 Å². The quantitative estimate of drug-likeness (QED) is 0.720. The van der Waals surface area contributed by atoms with Gasteiger partial charge in [0, 0.05) is 18.8 Å². The second kappa shape index (κ2) is 8.21. The molecule has 0 unspecified atom stereocenters. The molecule has 0 saturated heterocycles. The van der Waals surface area contributed by atoms with Crippen LogP contribution in [-0.4, -0.2) is 41.5 Å². The molecule has 0 aliphatic heterocycles. The van der Waals surface area contributed by atoms with E-state index in [-0.39, 0.29) is 18.9 Å². The van der Waals surface area contributed by atoms with E-state index in [1.54, 1.807) is 11.0 Å². The third-order valence-corrected chi connectivity index (χ3v) is 3.05. The largest absolute Gasteiger partial charge is 0.481 e. The summed E-state index contributed by atoms with van der Waals surface area (Å²) in [5.41, 5.74) is 2.92. The van der Waals surface area contributed by atoms with Crippen LogP contribution in [0.15, 0.2) is 30.9 Å². The van der Waals surface area contributed by atoms with E-state index in [1.165, 1.54) is 0 Å². The number of carboxylic acids is 1. The van der Waals surface area contributed by atoms with Crippen LogP contribution in [0.2, 0.25) is 0 Å². The number of aryl methyl sites for hydroxylation is 2. The lowest BCUT2D eigenvalue weighted by atomic mass is 10.1. The molecule has 5 nitrogen and oxygen atoms in total. The molecule has 114 valence electrons. The van der Waals surface area contributed by atoms with E-state index in [0.717, 1.165) is 16.8 Å². The Morgan fingerprint density at radius 2 is 2.10 bits per heavy atom. The molecular formula is C16H22N2O3. The van der Waals surface area contributed by atoms with Gasteiger partial charge in [-0.25, -0.2) is 0 Å². The molecule has 0 atom stereocenters. The molecule has 1 aromatic carbocycles. The summed E-state index contributed by atoms with van der Waals surface area (Å²) in [6.45, 7) is 8.50. The number of carbonyl (C=O) groups is 2. The molecule has 0 aromatic heterocycles. The summed E-state index contributed by atoms with van der Waals surface area (Å²) in [6, 6.07) is 5.81. The van der Waals surface area contributed by atoms with Crippen LogP contribution in [0.1, 0.15) is 17.5 Å². The lowest BCUT2D eigenvalue weighted by Crippen LogP contribution is -2.35. The molecule has 0 spiro atoms. The molecule has 21 heavy (non-hydrogen) atoms. The standard InChI is InChI=1S/C16H22N2O3/c1-4-8-18(9-7-16(20)21)11-15(19)17-14-6-5-12(2)10-13(14)3/h4-6,10H,1,7-9,11H2,2-3H3,(H,17,19)(H,20,21). The van der Waals surface area contributed by atoms with Crippen LogP contribution in [0.4, 0.5) is 5.69 Å². The van der Waals surface area contributed by atoms with Crippen molar-refractivity contribution < 1.29 is 14.7 Å². The Kier molecular flexibility index (Phi) is 6.62. The van der Waals surface area contributed by atoms with Crippen molar-refractivity contribution in [3.05, 3.63) is 42.0 Å². The van der Waals surface area contributed by atoms with Gasteiger partial charge in [-0.1, -0.05) is 23.8 Å². The first kappa shape index (κ1) is 16.9. The number of rotatable bonds is 8. The number of carboxylic acid groups (broad SMARTS) is 1. The van der Waals surface area contributed by atoms with Crippen molar-refractivity contribution in [2.75, 3.05) is 25.0 Å². The van der Waals surface area contributed by atoms with Gasteiger partial charge in [0.2, 0.25) is 5.91 Å². The van der Waals surface area contributed by atoms with Crippen molar-refractivity contribution in [3.8, 4) is 0 Å². The highest BCUT2D eigenvalue weighted by Crippen LogP contribution is 2.15. The number of hydrogen-bond acceptors (Lipinski definition) is 3. The second-order valence-corrected chi connectivity index (χ2v) is 5.03. The van der Waals surface area contributed by atoms with Gasteiger partial charge in [-0.3, -0.25) is 14.5 Å². The molecule has 2 N–H and O–H groups in total. The molecule has 1 amide bonds. The van der Waals surface area contributed by atoms with Crippen LogP contribution in [0.3, 0.4) is 0 Å². The fraction of sp³-hybridized carbons (Fsp3) is 0.375. The zero-order valence-corrected chi connectivity index (χ0v) is 12.6. The van der Waals surface area contributed by atoms with Gasteiger partial charge in [-0.2, -0.15) is 0 Å². The molecule has 5 heteroatoms. The van der Waals surface area contributed by atoms with E-state index in [9.17, 15) is 9.59 Å². The predicted octanol–water partition coefficient (Wildman–Crippen LogP) is 2.20. The van der Waals surface area contributed by atoms with Crippen molar-refractivity contribution in [2.24, 2.45) is 0 Å². The highest BCUT2D eigenvalue weighted by Gasteiger charge is 2.12. The lowest BCUT2D eigenvalue weighted by molar-refractivity contribution is -0.137. The molecule has 0 radical (unpaired) electrons. The summed E-state index contributed by atoms with van der Waals surface area (Å²) < 4.78 is 0. The number of nitrogens with one attached hydrogen (secondary N) is 1. The van der Waals surface area contributed by atoms with Gasteiger partial charge in [0.25, 0.3) is 0 Å². The van der Waals surface area contributed by atoms with Gasteiger partial charge >= 0.3 is 5.97 Å². The minimum Gasteiger partial charge on any atom is -0.481 e. The fourth-order valence-electron chi connectivity index (χ4n) is 2.02. The minimum absolute atomic E-state index is 0.00464. The molecule has 0 saturated carbocycles. The van der Waals surface area contributed by atoms with Crippen LogP contribution in [0.5, 0.6) is 0 Å². The van der Waals surface area contributed by atoms with Crippen LogP contribution in [0.25, 0.3) is 0 Å². The molecule has 1 aromatic rings. The third kappa shape index (κ3) is 6.23. The Morgan fingerprint density at radius 1 is 1.38 bits per heavy atom. The van der Waals surface area contributed by atoms with Gasteiger partial charge in [0.05, 0.1) is 13.0 Å². The third-order valence-electron chi connectivity index (χ3n) is 3.05. The van der Waals surface area contributed by atoms with Crippen LogP contribution >= 0.6 is 0 Å². The first-order valence-electron chi connectivity index (χ1n) is 6.84. The number of carbonyl (C=O) groups excluding carboxylic acids is 1. The number of nitrogens with zero attached hydrogens (tertiary/aromatic N) is 1. The van der Waals surface area contributed by atoms with Crippen molar-refractivity contribution in [2.45, 2.75) is 20.3 Å². The van der Waals surface area contributed by atoms with E-state index < -0.39 is 5.97 Å². The number of aliphatic carboxylic acids is 1. The molecule has 0 bridgehead atoms. The van der Waals surface area contributed by atoms with Gasteiger partial charge < -0.3 is 10.4 Å². The average Bonchev–Trinajstić information content (AvgIpc) is 2.39. The minimum atomic E-state index is -0.876. The molecule has 1 rings (SSSR count). The molecular weight excluding hydrogens is 268 g/mol. The van der Waals surface area contributed by atoms with E-state index in [1.807, 2.05) is 32.0 Å². The maximum absolute atomic E-state index is 12.0. The Labute approximate surface area is 125 Å². The summed E-state index contributed by atoms with van der Waals surface area (Å²) in [5.74, 6) is -1.03. The first-order chi connectivity index (χ1) is 9.92. The smallest absolute Gasteiger partial charge is 0.304 e. The van der Waals surface area contributed by atoms with Gasteiger partial charge in [-0.05, 0) is 25.5 Å². The highest BCUT2D eigenvalue weighted by atomic mass is 16.4. The monoisotopic (exact) mass is 290 g/mol. The molecule has 0 aliphatic rings. The SMILES string of the molecule is C=CCN(CCC(=O)O)CC(=O)Nc1ccc(C)cc1C. The Morgan fingerprint density at radius 3 is 2.67 bits per heavy atom. The van der Waals surface area contributed by atoms with Crippen molar-refractivity contribution in [3.63, 3.8) is 0 Å². The Bertz CT molecular complexity index is 526. The molecule has 0 aliphatic carbocycles. The number of benzene rings is 1. The van der Waals surface area contributed by atoms with Crippen molar-refractivity contribution in [1.29, 1.82) is 0 Å². The van der Waals surface area contributed by atoms with Crippen LogP contribution in [0, 0.1) is 13.8 Å². The maximum Gasteiger partial charge on any atom is 0.304 e. The zero-order chi connectivity index (χ0) is 15.8. The van der Waals surface area contributed by atoms with Crippen LogP contribution < -0.4 is 5.32 Å². The second-order valence-electron chi connectivity index (χ2n) is 5.03. The van der Waals surface area contributed by atoms with Crippen molar-refractivity contribution >= 4 is 17.6 Å². The van der Waals surface area contributed by atoms with E-state index in [4.69, 9.17) is 5.11 Å². The summed E-state index contributed by atoms with van der Waals surface area (Å²) >= 11 is 0. The lowest BCUT2D eigenvalue weighted by Gasteiger charge is -2.19. The van der Waals surface area contributed by atoms with Crippen molar-refractivity contribution in [1.82, 2.24) is 4.90 Å². The van der Waals surface area contributed by atoms with Crippen LogP contribution in [-0.2, 0) is 9.59 Å². The normalized spacial score (nSPS) is 10.4. The van der Waals surface area contributed by atoms with E-state index >= 15 is 0 Å². The van der Waals surface area contributed by atoms with E-state index in [2.05, 4.69) is 11.9 Å². The summed E-state index contributed by atoms with van der Waals surface area (Å²) in [5, 5.41) is 11.6. The Hall–Kier alpha value is -2.14. The molecule has 0 fully saturated rings. The fourth-order valence-corrected chi connectivity index (χ4v) is 2.02.